The van der Waals surface area contributed by atoms with Gasteiger partial charge in [0.2, 0.25) is 10.0 Å². The van der Waals surface area contributed by atoms with E-state index < -0.39 is 10.0 Å². The van der Waals surface area contributed by atoms with Crippen molar-refractivity contribution in [3.63, 3.8) is 0 Å². The standard InChI is InChI=1S/C15H24N2O3S/c1-3-16-12(2)13-6-4-8-15(10-13)21(19,20)17-9-5-7-14(17)11-18/h4,6,8,10,12,14,16,18H,3,5,7,9,11H2,1-2H3. The van der Waals surface area contributed by atoms with Crippen LogP contribution in [0.4, 0.5) is 0 Å². The van der Waals surface area contributed by atoms with E-state index in [0.29, 0.717) is 11.4 Å². The zero-order chi connectivity index (χ0) is 15.5. The quantitative estimate of drug-likeness (QED) is 0.835. The second kappa shape index (κ2) is 6.87. The maximum Gasteiger partial charge on any atom is 0.243 e. The van der Waals surface area contributed by atoms with Crippen LogP contribution < -0.4 is 5.32 Å². The van der Waals surface area contributed by atoms with Crippen molar-refractivity contribution in [2.45, 2.75) is 43.7 Å². The van der Waals surface area contributed by atoms with E-state index in [2.05, 4.69) is 5.32 Å². The second-order valence-electron chi connectivity index (χ2n) is 5.45. The first-order valence-corrected chi connectivity index (χ1v) is 8.90. The highest BCUT2D eigenvalue weighted by Crippen LogP contribution is 2.27. The van der Waals surface area contributed by atoms with Crippen molar-refractivity contribution >= 4 is 10.0 Å². The molecule has 118 valence electrons. The van der Waals surface area contributed by atoms with Crippen LogP contribution in [0.5, 0.6) is 0 Å². The number of sulfonamides is 1. The van der Waals surface area contributed by atoms with Gasteiger partial charge in [0.25, 0.3) is 0 Å². The molecule has 1 aromatic carbocycles. The van der Waals surface area contributed by atoms with Crippen molar-refractivity contribution < 1.29 is 13.5 Å². The molecule has 1 aliphatic rings. The summed E-state index contributed by atoms with van der Waals surface area (Å²) in [7, 11) is -3.53. The molecule has 1 aliphatic heterocycles. The van der Waals surface area contributed by atoms with Gasteiger partial charge in [0, 0.05) is 18.6 Å². The van der Waals surface area contributed by atoms with Gasteiger partial charge in [-0.05, 0) is 44.0 Å². The van der Waals surface area contributed by atoms with Crippen LogP contribution in [0, 0.1) is 0 Å². The summed E-state index contributed by atoms with van der Waals surface area (Å²) < 4.78 is 26.9. The van der Waals surface area contributed by atoms with Crippen molar-refractivity contribution in [3.05, 3.63) is 29.8 Å². The Bertz CT molecular complexity index is 574. The molecule has 21 heavy (non-hydrogen) atoms. The van der Waals surface area contributed by atoms with E-state index in [4.69, 9.17) is 0 Å². The Balaban J connectivity index is 2.30. The van der Waals surface area contributed by atoms with E-state index in [-0.39, 0.29) is 18.7 Å². The summed E-state index contributed by atoms with van der Waals surface area (Å²) in [4.78, 5) is 0.310. The highest BCUT2D eigenvalue weighted by atomic mass is 32.2. The van der Waals surface area contributed by atoms with Crippen LogP contribution >= 0.6 is 0 Å². The molecule has 1 saturated heterocycles. The van der Waals surface area contributed by atoms with Gasteiger partial charge in [-0.15, -0.1) is 0 Å². The van der Waals surface area contributed by atoms with Gasteiger partial charge in [-0.3, -0.25) is 0 Å². The average Bonchev–Trinajstić information content (AvgIpc) is 2.97. The molecule has 1 aromatic rings. The molecule has 2 unspecified atom stereocenters. The Morgan fingerprint density at radius 3 is 2.90 bits per heavy atom. The first-order valence-electron chi connectivity index (χ1n) is 7.46. The van der Waals surface area contributed by atoms with Crippen molar-refractivity contribution in [2.75, 3.05) is 19.7 Å². The summed E-state index contributed by atoms with van der Waals surface area (Å²) in [5, 5.41) is 12.6. The van der Waals surface area contributed by atoms with Gasteiger partial charge in [0.15, 0.2) is 0 Å². The molecule has 1 heterocycles. The minimum Gasteiger partial charge on any atom is -0.395 e. The molecule has 2 atom stereocenters. The number of nitrogens with one attached hydrogen (secondary N) is 1. The highest BCUT2D eigenvalue weighted by molar-refractivity contribution is 7.89. The SMILES string of the molecule is CCNC(C)c1cccc(S(=O)(=O)N2CCCC2CO)c1. The van der Waals surface area contributed by atoms with Crippen molar-refractivity contribution in [3.8, 4) is 0 Å². The van der Waals surface area contributed by atoms with E-state index in [9.17, 15) is 13.5 Å². The van der Waals surface area contributed by atoms with Gasteiger partial charge in [0.1, 0.15) is 0 Å². The fourth-order valence-electron chi connectivity index (χ4n) is 2.81. The summed E-state index contributed by atoms with van der Waals surface area (Å²) in [5.41, 5.74) is 0.956. The Morgan fingerprint density at radius 1 is 1.48 bits per heavy atom. The van der Waals surface area contributed by atoms with Crippen LogP contribution in [0.25, 0.3) is 0 Å². The number of aliphatic hydroxyl groups is 1. The van der Waals surface area contributed by atoms with Crippen molar-refractivity contribution in [2.24, 2.45) is 0 Å². The average molecular weight is 312 g/mol. The Hall–Kier alpha value is -0.950. The molecular weight excluding hydrogens is 288 g/mol. The number of nitrogens with zero attached hydrogens (tertiary/aromatic N) is 1. The van der Waals surface area contributed by atoms with Gasteiger partial charge in [-0.25, -0.2) is 8.42 Å². The zero-order valence-corrected chi connectivity index (χ0v) is 13.4. The van der Waals surface area contributed by atoms with Crippen LogP contribution in [0.3, 0.4) is 0 Å². The van der Waals surface area contributed by atoms with E-state index in [1.54, 1.807) is 18.2 Å². The highest BCUT2D eigenvalue weighted by Gasteiger charge is 2.34. The smallest absolute Gasteiger partial charge is 0.243 e. The minimum absolute atomic E-state index is 0.109. The van der Waals surface area contributed by atoms with Crippen molar-refractivity contribution in [1.29, 1.82) is 0 Å². The van der Waals surface area contributed by atoms with Crippen LogP contribution in [-0.4, -0.2) is 43.6 Å². The Kier molecular flexibility index (Phi) is 5.37. The number of benzene rings is 1. The second-order valence-corrected chi connectivity index (χ2v) is 7.34. The molecule has 1 fully saturated rings. The summed E-state index contributed by atoms with van der Waals surface area (Å²) in [6.07, 6.45) is 1.53. The molecule has 0 bridgehead atoms. The van der Waals surface area contributed by atoms with E-state index in [0.717, 1.165) is 24.9 Å². The third-order valence-corrected chi connectivity index (χ3v) is 5.96. The number of hydrogen-bond donors (Lipinski definition) is 2. The number of hydrogen-bond acceptors (Lipinski definition) is 4. The topological polar surface area (TPSA) is 69.6 Å². The van der Waals surface area contributed by atoms with Gasteiger partial charge in [-0.2, -0.15) is 4.31 Å². The van der Waals surface area contributed by atoms with Crippen molar-refractivity contribution in [1.82, 2.24) is 9.62 Å². The third kappa shape index (κ3) is 3.45. The molecule has 5 nitrogen and oxygen atoms in total. The summed E-state index contributed by atoms with van der Waals surface area (Å²) in [6, 6.07) is 6.89. The fourth-order valence-corrected chi connectivity index (χ4v) is 4.55. The lowest BCUT2D eigenvalue weighted by atomic mass is 10.1. The van der Waals surface area contributed by atoms with Crippen LogP contribution in [0.2, 0.25) is 0 Å². The summed E-state index contributed by atoms with van der Waals surface area (Å²) in [6.45, 7) is 5.24. The lowest BCUT2D eigenvalue weighted by Crippen LogP contribution is -2.37. The minimum atomic E-state index is -3.53. The van der Waals surface area contributed by atoms with Gasteiger partial charge >= 0.3 is 0 Å². The fraction of sp³-hybridized carbons (Fsp3) is 0.600. The monoisotopic (exact) mass is 312 g/mol. The summed E-state index contributed by atoms with van der Waals surface area (Å²) >= 11 is 0. The van der Waals surface area contributed by atoms with Crippen LogP contribution in [-0.2, 0) is 10.0 Å². The summed E-state index contributed by atoms with van der Waals surface area (Å²) in [5.74, 6) is 0. The first kappa shape index (κ1) is 16.4. The molecule has 0 aliphatic carbocycles. The molecule has 0 saturated carbocycles. The molecule has 2 rings (SSSR count). The molecule has 0 spiro atoms. The Labute approximate surface area is 127 Å². The molecule has 0 amide bonds. The normalized spacial score (nSPS) is 21.6. The van der Waals surface area contributed by atoms with Gasteiger partial charge in [-0.1, -0.05) is 19.1 Å². The number of aliphatic hydroxyl groups excluding tert-OH is 1. The number of rotatable bonds is 6. The predicted molar refractivity (Wildman–Crippen MR) is 82.5 cm³/mol. The third-order valence-electron chi connectivity index (χ3n) is 4.01. The van der Waals surface area contributed by atoms with E-state index >= 15 is 0 Å². The van der Waals surface area contributed by atoms with Crippen LogP contribution in [0.1, 0.15) is 38.3 Å². The lowest BCUT2D eigenvalue weighted by Gasteiger charge is -2.23. The molecule has 0 aromatic heterocycles. The zero-order valence-electron chi connectivity index (χ0n) is 12.6. The molecule has 2 N–H and O–H groups in total. The predicted octanol–water partition coefficient (Wildman–Crippen LogP) is 1.50. The van der Waals surface area contributed by atoms with E-state index in [1.165, 1.54) is 4.31 Å². The van der Waals surface area contributed by atoms with Crippen LogP contribution in [0.15, 0.2) is 29.2 Å². The molecular formula is C15H24N2O3S. The van der Waals surface area contributed by atoms with E-state index in [1.807, 2.05) is 19.9 Å². The lowest BCUT2D eigenvalue weighted by molar-refractivity contribution is 0.213. The maximum absolute atomic E-state index is 12.7. The largest absolute Gasteiger partial charge is 0.395 e. The molecule has 6 heteroatoms. The van der Waals surface area contributed by atoms with Gasteiger partial charge in [0.05, 0.1) is 11.5 Å². The van der Waals surface area contributed by atoms with Gasteiger partial charge < -0.3 is 10.4 Å². The Morgan fingerprint density at radius 2 is 2.24 bits per heavy atom. The molecule has 0 radical (unpaired) electrons. The maximum atomic E-state index is 12.7. The first-order chi connectivity index (χ1) is 10.0.